The number of nitrogens with zero attached hydrogens (tertiary/aromatic N) is 2. The molecule has 1 heterocycles. The number of aromatic nitrogens is 1. The molecule has 0 aliphatic heterocycles. The molecule has 3 rings (SSSR count). The van der Waals surface area contributed by atoms with E-state index in [4.69, 9.17) is 4.74 Å². The number of halogens is 1. The van der Waals surface area contributed by atoms with Crippen molar-refractivity contribution in [3.63, 3.8) is 0 Å². The van der Waals surface area contributed by atoms with Crippen LogP contribution in [0.5, 0.6) is 0 Å². The number of aromatic amines is 1. The molecular formula is C28H36FN3O3. The molecule has 7 heteroatoms. The average Bonchev–Trinajstić information content (AvgIpc) is 3.28. The van der Waals surface area contributed by atoms with Crippen molar-refractivity contribution < 1.29 is 18.7 Å². The maximum Gasteiger partial charge on any atom is 0.242 e. The lowest BCUT2D eigenvalue weighted by Crippen LogP contribution is -2.44. The van der Waals surface area contributed by atoms with Gasteiger partial charge in [0.2, 0.25) is 11.8 Å². The number of methoxy groups -OCH3 is 1. The summed E-state index contributed by atoms with van der Waals surface area (Å²) in [5, 5.41) is 1.14. The number of H-pyrrole nitrogens is 1. The Hall–Kier alpha value is -3.19. The highest BCUT2D eigenvalue weighted by Crippen LogP contribution is 2.19. The normalized spacial score (nSPS) is 11.1. The summed E-state index contributed by atoms with van der Waals surface area (Å²) in [6, 6.07) is 14.3. The van der Waals surface area contributed by atoms with Crippen molar-refractivity contribution in [2.24, 2.45) is 0 Å². The first-order valence-electron chi connectivity index (χ1n) is 12.4. The van der Waals surface area contributed by atoms with Crippen LogP contribution in [0.15, 0.2) is 54.7 Å². The van der Waals surface area contributed by atoms with Gasteiger partial charge < -0.3 is 19.5 Å². The molecule has 35 heavy (non-hydrogen) atoms. The molecule has 0 saturated carbocycles. The molecule has 0 unspecified atom stereocenters. The van der Waals surface area contributed by atoms with Crippen molar-refractivity contribution in [2.75, 3.05) is 33.4 Å². The zero-order valence-electron chi connectivity index (χ0n) is 20.8. The molecule has 1 N–H and O–H groups in total. The van der Waals surface area contributed by atoms with Crippen LogP contribution in [0, 0.1) is 5.82 Å². The Morgan fingerprint density at radius 1 is 0.971 bits per heavy atom. The lowest BCUT2D eigenvalue weighted by atomic mass is 10.1. The van der Waals surface area contributed by atoms with Gasteiger partial charge in [-0.1, -0.05) is 43.7 Å². The smallest absolute Gasteiger partial charge is 0.242 e. The second-order valence-electron chi connectivity index (χ2n) is 8.82. The van der Waals surface area contributed by atoms with Crippen LogP contribution in [0.4, 0.5) is 4.39 Å². The molecule has 0 aliphatic rings. The molecule has 188 valence electrons. The summed E-state index contributed by atoms with van der Waals surface area (Å²) < 4.78 is 18.6. The fourth-order valence-corrected chi connectivity index (χ4v) is 4.14. The molecule has 0 bridgehead atoms. The van der Waals surface area contributed by atoms with Crippen molar-refractivity contribution in [1.82, 2.24) is 14.8 Å². The van der Waals surface area contributed by atoms with Crippen LogP contribution in [0.3, 0.4) is 0 Å². The standard InChI is InChI=1S/C28H36FN3O3/c1-3-4-10-27(33)31(16-7-18-35-2)21-28(34)32(20-22-11-13-24(29)14-12-22)17-15-23-19-30-26-9-6-5-8-25(23)26/h5-6,8-9,11-14,19,30H,3-4,7,10,15-18,20-21H2,1-2H3. The van der Waals surface area contributed by atoms with Gasteiger partial charge in [0, 0.05) is 56.9 Å². The van der Waals surface area contributed by atoms with E-state index >= 15 is 0 Å². The molecule has 0 spiro atoms. The van der Waals surface area contributed by atoms with Gasteiger partial charge >= 0.3 is 0 Å². The minimum Gasteiger partial charge on any atom is -0.385 e. The zero-order chi connectivity index (χ0) is 25.0. The highest BCUT2D eigenvalue weighted by atomic mass is 19.1. The topological polar surface area (TPSA) is 65.6 Å². The predicted octanol–water partition coefficient (Wildman–Crippen LogP) is 4.93. The predicted molar refractivity (Wildman–Crippen MR) is 136 cm³/mol. The molecule has 0 saturated heterocycles. The quantitative estimate of drug-likeness (QED) is 0.332. The molecule has 0 fully saturated rings. The van der Waals surface area contributed by atoms with Gasteiger partial charge in [0.25, 0.3) is 0 Å². The van der Waals surface area contributed by atoms with Gasteiger partial charge in [-0.05, 0) is 48.6 Å². The number of fused-ring (bicyclic) bond motifs is 1. The molecule has 3 aromatic rings. The first-order valence-corrected chi connectivity index (χ1v) is 12.4. The molecule has 0 atom stereocenters. The second kappa shape index (κ2) is 13.6. The van der Waals surface area contributed by atoms with E-state index in [0.29, 0.717) is 45.5 Å². The summed E-state index contributed by atoms with van der Waals surface area (Å²) in [4.78, 5) is 33.0. The van der Waals surface area contributed by atoms with E-state index in [1.807, 2.05) is 31.3 Å². The summed E-state index contributed by atoms with van der Waals surface area (Å²) in [6.07, 6.45) is 5.49. The third-order valence-corrected chi connectivity index (χ3v) is 6.16. The third kappa shape index (κ3) is 7.92. The fraction of sp³-hybridized carbons (Fsp3) is 0.429. The first-order chi connectivity index (χ1) is 17.0. The first kappa shape index (κ1) is 26.4. The Balaban J connectivity index is 1.75. The van der Waals surface area contributed by atoms with Crippen molar-refractivity contribution in [2.45, 2.75) is 45.6 Å². The van der Waals surface area contributed by atoms with Crippen LogP contribution in [-0.4, -0.2) is 59.9 Å². The molecular weight excluding hydrogens is 445 g/mol. The highest BCUT2D eigenvalue weighted by Gasteiger charge is 2.21. The van der Waals surface area contributed by atoms with E-state index in [1.165, 1.54) is 12.1 Å². The monoisotopic (exact) mass is 481 g/mol. The Morgan fingerprint density at radius 3 is 2.49 bits per heavy atom. The molecule has 1 aromatic heterocycles. The highest BCUT2D eigenvalue weighted by molar-refractivity contribution is 5.85. The lowest BCUT2D eigenvalue weighted by molar-refractivity contribution is -0.141. The van der Waals surface area contributed by atoms with Crippen molar-refractivity contribution in [3.8, 4) is 0 Å². The summed E-state index contributed by atoms with van der Waals surface area (Å²) >= 11 is 0. The Bertz CT molecular complexity index is 1080. The SMILES string of the molecule is CCCCC(=O)N(CCCOC)CC(=O)N(CCc1c[nH]c2ccccc12)Cc1ccc(F)cc1. The van der Waals surface area contributed by atoms with E-state index in [9.17, 15) is 14.0 Å². The minimum atomic E-state index is -0.309. The van der Waals surface area contributed by atoms with Gasteiger partial charge in [-0.25, -0.2) is 4.39 Å². The van der Waals surface area contributed by atoms with Crippen LogP contribution < -0.4 is 0 Å². The minimum absolute atomic E-state index is 0.00494. The van der Waals surface area contributed by atoms with Crippen molar-refractivity contribution >= 4 is 22.7 Å². The third-order valence-electron chi connectivity index (χ3n) is 6.16. The number of benzene rings is 2. The Kier molecular flexibility index (Phi) is 10.3. The van der Waals surface area contributed by atoms with Crippen molar-refractivity contribution in [3.05, 3.63) is 71.7 Å². The Labute approximate surface area is 207 Å². The largest absolute Gasteiger partial charge is 0.385 e. The van der Waals surface area contributed by atoms with Gasteiger partial charge in [0.05, 0.1) is 6.54 Å². The summed E-state index contributed by atoms with van der Waals surface area (Å²) in [5.41, 5.74) is 3.04. The van der Waals surface area contributed by atoms with E-state index in [2.05, 4.69) is 11.1 Å². The number of hydrogen-bond donors (Lipinski definition) is 1. The van der Waals surface area contributed by atoms with Gasteiger partial charge in [0.15, 0.2) is 0 Å². The number of ether oxygens (including phenoxy) is 1. The number of nitrogens with one attached hydrogen (secondary N) is 1. The van der Waals surface area contributed by atoms with Gasteiger partial charge in [-0.3, -0.25) is 9.59 Å². The number of carbonyl (C=O) groups is 2. The number of carbonyl (C=O) groups excluding carboxylic acids is 2. The number of unbranched alkanes of at least 4 members (excludes halogenated alkanes) is 1. The second-order valence-corrected chi connectivity index (χ2v) is 8.82. The molecule has 0 aliphatic carbocycles. The van der Waals surface area contributed by atoms with Gasteiger partial charge in [-0.15, -0.1) is 0 Å². The van der Waals surface area contributed by atoms with E-state index < -0.39 is 0 Å². The molecule has 2 aromatic carbocycles. The van der Waals surface area contributed by atoms with Crippen molar-refractivity contribution in [1.29, 1.82) is 0 Å². The van der Waals surface area contributed by atoms with E-state index in [1.54, 1.807) is 29.0 Å². The lowest BCUT2D eigenvalue weighted by Gasteiger charge is -2.28. The van der Waals surface area contributed by atoms with Gasteiger partial charge in [0.1, 0.15) is 5.82 Å². The zero-order valence-corrected chi connectivity index (χ0v) is 20.8. The average molecular weight is 482 g/mol. The molecule has 2 amide bonds. The summed E-state index contributed by atoms with van der Waals surface area (Å²) in [6.45, 7) is 3.94. The maximum atomic E-state index is 13.5. The van der Waals surface area contributed by atoms with Gasteiger partial charge in [-0.2, -0.15) is 0 Å². The fourth-order valence-electron chi connectivity index (χ4n) is 4.14. The number of rotatable bonds is 14. The van der Waals surface area contributed by atoms with Crippen LogP contribution in [0.25, 0.3) is 10.9 Å². The number of amides is 2. The summed E-state index contributed by atoms with van der Waals surface area (Å²) in [7, 11) is 1.63. The van der Waals surface area contributed by atoms with Crippen LogP contribution in [0.1, 0.15) is 43.7 Å². The molecule has 0 radical (unpaired) electrons. The Morgan fingerprint density at radius 2 is 1.74 bits per heavy atom. The van der Waals surface area contributed by atoms with E-state index in [0.717, 1.165) is 34.9 Å². The van der Waals surface area contributed by atoms with Crippen LogP contribution in [0.2, 0.25) is 0 Å². The summed E-state index contributed by atoms with van der Waals surface area (Å²) in [5.74, 6) is -0.428. The number of hydrogen-bond acceptors (Lipinski definition) is 3. The van der Waals surface area contributed by atoms with Crippen LogP contribution >= 0.6 is 0 Å². The van der Waals surface area contributed by atoms with E-state index in [-0.39, 0.29) is 24.2 Å². The maximum absolute atomic E-state index is 13.5. The molecule has 6 nitrogen and oxygen atoms in total. The number of para-hydroxylation sites is 1. The van der Waals surface area contributed by atoms with Crippen LogP contribution in [-0.2, 0) is 27.3 Å².